The molecule has 1 heterocycles. The van der Waals surface area contributed by atoms with E-state index in [1.165, 1.54) is 6.92 Å². The van der Waals surface area contributed by atoms with Gasteiger partial charge in [-0.25, -0.2) is 0 Å². The van der Waals surface area contributed by atoms with Crippen LogP contribution in [0.2, 0.25) is 0 Å². The maximum absolute atomic E-state index is 11.0. The van der Waals surface area contributed by atoms with Gasteiger partial charge >= 0.3 is 0 Å². The highest BCUT2D eigenvalue weighted by atomic mass is 16.7. The lowest BCUT2D eigenvalue weighted by molar-refractivity contribution is -0.309. The molecule has 0 aromatic rings. The molecule has 12 heteroatoms. The third kappa shape index (κ3) is 6.35. The van der Waals surface area contributed by atoms with Gasteiger partial charge in [0.05, 0.1) is 26.4 Å². The molecule has 1 amide bonds. The third-order valence-electron chi connectivity index (χ3n) is 3.76. The van der Waals surface area contributed by atoms with E-state index in [4.69, 9.17) is 24.4 Å². The molecule has 1 aliphatic heterocycles. The van der Waals surface area contributed by atoms with E-state index in [1.54, 1.807) is 0 Å². The number of nitrogens with one attached hydrogen (secondary N) is 1. The zero-order valence-corrected chi connectivity index (χ0v) is 14.2. The van der Waals surface area contributed by atoms with Crippen LogP contribution in [0.1, 0.15) is 6.92 Å². The number of rotatable bonds is 10. The van der Waals surface area contributed by atoms with E-state index in [9.17, 15) is 30.3 Å². The highest BCUT2D eigenvalue weighted by Crippen LogP contribution is 2.22. The second kappa shape index (κ2) is 11.0. The minimum atomic E-state index is -1.65. The van der Waals surface area contributed by atoms with Gasteiger partial charge in [-0.2, -0.15) is 0 Å². The fourth-order valence-electron chi connectivity index (χ4n) is 2.30. The molecule has 1 saturated heterocycles. The molecule has 0 saturated carbocycles. The highest BCUT2D eigenvalue weighted by molar-refractivity contribution is 5.73. The van der Waals surface area contributed by atoms with E-state index < -0.39 is 81.5 Å². The average Bonchev–Trinajstić information content (AvgIpc) is 2.62. The lowest BCUT2D eigenvalue weighted by atomic mass is 9.99. The summed E-state index contributed by atoms with van der Waals surface area (Å²) < 4.78 is 15.4. The van der Waals surface area contributed by atoms with E-state index in [1.807, 2.05) is 0 Å². The summed E-state index contributed by atoms with van der Waals surface area (Å²) in [6, 6.07) is -1.13. The maximum Gasteiger partial charge on any atom is 0.217 e. The molecular weight excluding hydrogens is 358 g/mol. The van der Waals surface area contributed by atoms with Gasteiger partial charge in [-0.05, 0) is 0 Å². The van der Waals surface area contributed by atoms with E-state index in [-0.39, 0.29) is 0 Å². The molecule has 0 bridgehead atoms. The summed E-state index contributed by atoms with van der Waals surface area (Å²) in [7, 11) is 0. The Labute approximate surface area is 149 Å². The molecule has 1 fully saturated rings. The SMILES string of the molecule is CC(=O)NC(CO)[C@H](O)OC(CO)CO[C@@H]1OC(CO)[C@H](O)[C@H](O)C1O. The van der Waals surface area contributed by atoms with Crippen LogP contribution >= 0.6 is 0 Å². The van der Waals surface area contributed by atoms with Crippen molar-refractivity contribution in [3.63, 3.8) is 0 Å². The maximum atomic E-state index is 11.0. The van der Waals surface area contributed by atoms with Crippen molar-refractivity contribution in [3.05, 3.63) is 0 Å². The van der Waals surface area contributed by atoms with Crippen molar-refractivity contribution in [2.24, 2.45) is 0 Å². The minimum absolute atomic E-state index is 0.408. The van der Waals surface area contributed by atoms with Crippen LogP contribution in [0, 0.1) is 0 Å². The van der Waals surface area contributed by atoms with E-state index in [0.717, 1.165) is 0 Å². The Bertz CT molecular complexity index is 424. The van der Waals surface area contributed by atoms with Gasteiger partial charge in [-0.3, -0.25) is 4.79 Å². The molecule has 1 aliphatic rings. The zero-order valence-electron chi connectivity index (χ0n) is 14.2. The zero-order chi connectivity index (χ0) is 19.9. The van der Waals surface area contributed by atoms with Gasteiger partial charge in [0.1, 0.15) is 36.6 Å². The molecule has 0 aliphatic carbocycles. The van der Waals surface area contributed by atoms with Crippen LogP contribution in [-0.2, 0) is 19.0 Å². The first kappa shape index (κ1) is 23.1. The molecule has 0 radical (unpaired) electrons. The van der Waals surface area contributed by atoms with Crippen molar-refractivity contribution in [2.75, 3.05) is 26.4 Å². The number of amides is 1. The molecule has 8 atom stereocenters. The molecule has 4 unspecified atom stereocenters. The predicted molar refractivity (Wildman–Crippen MR) is 82.4 cm³/mol. The number of aliphatic hydroxyl groups is 7. The largest absolute Gasteiger partial charge is 0.394 e. The summed E-state index contributed by atoms with van der Waals surface area (Å²) >= 11 is 0. The van der Waals surface area contributed by atoms with E-state index >= 15 is 0 Å². The summed E-state index contributed by atoms with van der Waals surface area (Å²) in [5, 5.41) is 68.8. The van der Waals surface area contributed by atoms with Gasteiger partial charge in [0.2, 0.25) is 5.91 Å². The summed E-state index contributed by atoms with van der Waals surface area (Å²) in [5.41, 5.74) is 0. The Kier molecular flexibility index (Phi) is 9.81. The fraction of sp³-hybridized carbons (Fsp3) is 0.929. The average molecular weight is 385 g/mol. The summed E-state index contributed by atoms with van der Waals surface area (Å²) in [6.45, 7) is -1.09. The number of ether oxygens (including phenoxy) is 3. The van der Waals surface area contributed by atoms with Gasteiger partial charge in [-0.15, -0.1) is 0 Å². The van der Waals surface area contributed by atoms with Gasteiger partial charge < -0.3 is 55.3 Å². The van der Waals surface area contributed by atoms with Crippen molar-refractivity contribution < 1.29 is 54.8 Å². The minimum Gasteiger partial charge on any atom is -0.394 e. The highest BCUT2D eigenvalue weighted by Gasteiger charge is 2.44. The Morgan fingerprint density at radius 3 is 2.27 bits per heavy atom. The first-order valence-electron chi connectivity index (χ1n) is 7.99. The molecule has 26 heavy (non-hydrogen) atoms. The van der Waals surface area contributed by atoms with Crippen LogP contribution in [-0.4, -0.2) is 117 Å². The predicted octanol–water partition coefficient (Wildman–Crippen LogP) is -5.00. The van der Waals surface area contributed by atoms with Gasteiger partial charge in [0.25, 0.3) is 0 Å². The number of carbonyl (C=O) groups is 1. The van der Waals surface area contributed by atoms with Crippen LogP contribution in [0.15, 0.2) is 0 Å². The molecule has 0 spiro atoms. The van der Waals surface area contributed by atoms with Crippen molar-refractivity contribution in [1.29, 1.82) is 0 Å². The first-order valence-corrected chi connectivity index (χ1v) is 7.99. The molecule has 8 N–H and O–H groups in total. The van der Waals surface area contributed by atoms with Crippen molar-refractivity contribution >= 4 is 5.91 Å². The summed E-state index contributed by atoms with van der Waals surface area (Å²) in [4.78, 5) is 11.0. The second-order valence-corrected chi connectivity index (χ2v) is 5.85. The van der Waals surface area contributed by atoms with Crippen LogP contribution in [0.4, 0.5) is 0 Å². The van der Waals surface area contributed by atoms with Crippen LogP contribution in [0.25, 0.3) is 0 Å². The standard InChI is InChI=1S/C14H27NO11/c1-6(19)15-8(3-17)13(23)25-7(2-16)5-24-14-12(22)11(21)10(20)9(4-18)26-14/h7-14,16-18,20-23H,2-5H2,1H3,(H,15,19)/t7?,8?,9?,10-,11-,12?,13+,14+/m0/s1. The van der Waals surface area contributed by atoms with Crippen molar-refractivity contribution in [3.8, 4) is 0 Å². The van der Waals surface area contributed by atoms with E-state index in [2.05, 4.69) is 5.32 Å². The second-order valence-electron chi connectivity index (χ2n) is 5.85. The Morgan fingerprint density at radius 1 is 1.12 bits per heavy atom. The molecule has 0 aromatic carbocycles. The van der Waals surface area contributed by atoms with E-state index in [0.29, 0.717) is 0 Å². The quantitative estimate of drug-likeness (QED) is 0.167. The van der Waals surface area contributed by atoms with Crippen molar-refractivity contribution in [2.45, 2.75) is 56.1 Å². The molecule has 12 nitrogen and oxygen atoms in total. The molecule has 1 rings (SSSR count). The van der Waals surface area contributed by atoms with Gasteiger partial charge in [0.15, 0.2) is 12.6 Å². The topological polar surface area (TPSA) is 198 Å². The lowest BCUT2D eigenvalue weighted by Crippen LogP contribution is -2.59. The lowest BCUT2D eigenvalue weighted by Gasteiger charge is -2.40. The Hall–Kier alpha value is -0.930. The Morgan fingerprint density at radius 2 is 1.77 bits per heavy atom. The number of hydrogen-bond donors (Lipinski definition) is 8. The smallest absolute Gasteiger partial charge is 0.217 e. The van der Waals surface area contributed by atoms with Crippen LogP contribution in [0.3, 0.4) is 0 Å². The summed E-state index contributed by atoms with van der Waals surface area (Å²) in [6.07, 6.45) is -10.1. The van der Waals surface area contributed by atoms with Crippen LogP contribution < -0.4 is 5.32 Å². The Balaban J connectivity index is 2.58. The molecule has 154 valence electrons. The monoisotopic (exact) mass is 385 g/mol. The first-order chi connectivity index (χ1) is 12.2. The van der Waals surface area contributed by atoms with Gasteiger partial charge in [0, 0.05) is 6.92 Å². The van der Waals surface area contributed by atoms with Crippen molar-refractivity contribution in [1.82, 2.24) is 5.32 Å². The van der Waals surface area contributed by atoms with Gasteiger partial charge in [-0.1, -0.05) is 0 Å². The number of hydrogen-bond acceptors (Lipinski definition) is 11. The fourth-order valence-corrected chi connectivity index (χ4v) is 2.30. The molecule has 0 aromatic heterocycles. The van der Waals surface area contributed by atoms with Crippen LogP contribution in [0.5, 0.6) is 0 Å². The number of carbonyl (C=O) groups excluding carboxylic acids is 1. The third-order valence-corrected chi connectivity index (χ3v) is 3.76. The molecular formula is C14H27NO11. The summed E-state index contributed by atoms with van der Waals surface area (Å²) in [5.74, 6) is -0.509. The normalized spacial score (nSPS) is 32.7. The number of aliphatic hydroxyl groups excluding tert-OH is 7.